The van der Waals surface area contributed by atoms with Gasteiger partial charge in [-0.15, -0.1) is 0 Å². The van der Waals surface area contributed by atoms with E-state index in [2.05, 4.69) is 25.8 Å². The number of anilines is 3. The Morgan fingerprint density at radius 2 is 2.03 bits per heavy atom. The SMILES string of the molecule is Nc1sc(-c2c(F)cccc2F)nc1C(=O)Nc1cn[nH]c1N1CCNCC(F)(F)C1. The van der Waals surface area contributed by atoms with Crippen LogP contribution in [-0.4, -0.2) is 53.2 Å². The quantitative estimate of drug-likeness (QED) is 0.450. The molecule has 1 saturated heterocycles. The summed E-state index contributed by atoms with van der Waals surface area (Å²) in [5.41, 5.74) is 5.38. The van der Waals surface area contributed by atoms with E-state index in [4.69, 9.17) is 5.73 Å². The molecule has 3 heterocycles. The lowest BCUT2D eigenvalue weighted by Crippen LogP contribution is -2.39. The van der Waals surface area contributed by atoms with E-state index in [-0.39, 0.29) is 39.3 Å². The summed E-state index contributed by atoms with van der Waals surface area (Å²) < 4.78 is 55.9. The second-order valence-electron chi connectivity index (χ2n) is 6.87. The van der Waals surface area contributed by atoms with Gasteiger partial charge in [-0.05, 0) is 12.1 Å². The van der Waals surface area contributed by atoms with Gasteiger partial charge in [-0.1, -0.05) is 17.4 Å². The number of benzene rings is 1. The number of alkyl halides is 2. The Bertz CT molecular complexity index is 1100. The van der Waals surface area contributed by atoms with Crippen LogP contribution >= 0.6 is 11.3 Å². The number of carbonyl (C=O) groups is 1. The van der Waals surface area contributed by atoms with Crippen LogP contribution in [0.15, 0.2) is 24.4 Å². The number of nitrogens with two attached hydrogens (primary N) is 1. The fourth-order valence-electron chi connectivity index (χ4n) is 3.19. The Hall–Kier alpha value is -3.19. The molecule has 0 atom stereocenters. The van der Waals surface area contributed by atoms with Gasteiger partial charge in [0.05, 0.1) is 24.8 Å². The van der Waals surface area contributed by atoms with Gasteiger partial charge in [0.25, 0.3) is 11.8 Å². The zero-order chi connectivity index (χ0) is 22.2. The summed E-state index contributed by atoms with van der Waals surface area (Å²) in [5, 5.41) is 11.5. The Morgan fingerprint density at radius 1 is 1.29 bits per heavy atom. The smallest absolute Gasteiger partial charge is 0.277 e. The number of halogens is 4. The van der Waals surface area contributed by atoms with E-state index in [0.29, 0.717) is 6.54 Å². The first-order valence-electron chi connectivity index (χ1n) is 9.14. The third kappa shape index (κ3) is 4.32. The fraction of sp³-hybridized carbons (Fsp3) is 0.278. The lowest BCUT2D eigenvalue weighted by molar-refractivity contribution is 0.0156. The zero-order valence-corrected chi connectivity index (χ0v) is 16.7. The van der Waals surface area contributed by atoms with E-state index < -0.39 is 36.6 Å². The van der Waals surface area contributed by atoms with Crippen LogP contribution in [0.1, 0.15) is 10.5 Å². The monoisotopic (exact) mass is 455 g/mol. The van der Waals surface area contributed by atoms with Crippen LogP contribution in [0, 0.1) is 11.6 Å². The van der Waals surface area contributed by atoms with Gasteiger partial charge in [0.1, 0.15) is 33.1 Å². The van der Waals surface area contributed by atoms with Crippen LogP contribution in [0.4, 0.5) is 34.1 Å². The summed E-state index contributed by atoms with van der Waals surface area (Å²) >= 11 is 0.756. The third-order valence-corrected chi connectivity index (χ3v) is 5.50. The zero-order valence-electron chi connectivity index (χ0n) is 15.9. The third-order valence-electron chi connectivity index (χ3n) is 4.59. The van der Waals surface area contributed by atoms with Crippen molar-refractivity contribution in [2.24, 2.45) is 0 Å². The summed E-state index contributed by atoms with van der Waals surface area (Å²) in [6.45, 7) is -0.445. The summed E-state index contributed by atoms with van der Waals surface area (Å²) in [4.78, 5) is 18.1. The van der Waals surface area contributed by atoms with E-state index >= 15 is 0 Å². The van der Waals surface area contributed by atoms with Crippen molar-refractivity contribution in [2.45, 2.75) is 5.92 Å². The first-order valence-corrected chi connectivity index (χ1v) is 9.96. The van der Waals surface area contributed by atoms with E-state index in [9.17, 15) is 22.4 Å². The highest BCUT2D eigenvalue weighted by atomic mass is 32.1. The fourth-order valence-corrected chi connectivity index (χ4v) is 4.06. The highest BCUT2D eigenvalue weighted by Gasteiger charge is 2.35. The van der Waals surface area contributed by atoms with E-state index in [1.807, 2.05) is 0 Å². The molecular formula is C18H17F4N7OS. The molecule has 8 nitrogen and oxygen atoms in total. The van der Waals surface area contributed by atoms with Crippen molar-refractivity contribution in [3.05, 3.63) is 41.7 Å². The molecule has 31 heavy (non-hydrogen) atoms. The number of nitrogens with zero attached hydrogens (tertiary/aromatic N) is 3. The number of aromatic amines is 1. The topological polar surface area (TPSA) is 112 Å². The van der Waals surface area contributed by atoms with E-state index in [1.54, 1.807) is 0 Å². The van der Waals surface area contributed by atoms with Crippen LogP contribution in [0.2, 0.25) is 0 Å². The van der Waals surface area contributed by atoms with Crippen molar-refractivity contribution in [1.29, 1.82) is 0 Å². The van der Waals surface area contributed by atoms with Crippen LogP contribution in [0.3, 0.4) is 0 Å². The number of thiazole rings is 1. The van der Waals surface area contributed by atoms with Crippen LogP contribution in [0.5, 0.6) is 0 Å². The molecule has 0 bridgehead atoms. The van der Waals surface area contributed by atoms with Gasteiger partial charge in [-0.3, -0.25) is 9.89 Å². The number of aromatic nitrogens is 3. The standard InChI is InChI=1S/C18H17F4N7OS/c19-9-2-1-3-10(20)12(9)17-27-13(14(23)31-17)16(30)26-11-6-25-28-15(11)29-5-4-24-7-18(21,22)8-29/h1-3,6,24H,4-5,7-8,23H2,(H,25,28)(H,26,30). The number of hydrogen-bond acceptors (Lipinski definition) is 7. The number of rotatable bonds is 4. The van der Waals surface area contributed by atoms with Crippen LogP contribution < -0.4 is 21.3 Å². The number of nitrogens with one attached hydrogen (secondary N) is 3. The predicted molar refractivity (Wildman–Crippen MR) is 108 cm³/mol. The molecule has 4 rings (SSSR count). The minimum absolute atomic E-state index is 0.0503. The Balaban J connectivity index is 1.58. The molecule has 1 fully saturated rings. The average Bonchev–Trinajstić information content (AvgIpc) is 3.26. The van der Waals surface area contributed by atoms with E-state index in [1.165, 1.54) is 17.2 Å². The summed E-state index contributed by atoms with van der Waals surface area (Å²) in [6.07, 6.45) is 1.27. The Morgan fingerprint density at radius 3 is 2.77 bits per heavy atom. The van der Waals surface area contributed by atoms with Gasteiger partial charge in [0.2, 0.25) is 0 Å². The van der Waals surface area contributed by atoms with Crippen LogP contribution in [0.25, 0.3) is 10.6 Å². The summed E-state index contributed by atoms with van der Waals surface area (Å²) in [7, 11) is 0. The first kappa shape index (κ1) is 21.1. The van der Waals surface area contributed by atoms with Gasteiger partial charge < -0.3 is 21.3 Å². The van der Waals surface area contributed by atoms with Gasteiger partial charge in [0.15, 0.2) is 5.69 Å². The van der Waals surface area contributed by atoms with Crippen molar-refractivity contribution in [1.82, 2.24) is 20.5 Å². The summed E-state index contributed by atoms with van der Waals surface area (Å²) in [6, 6.07) is 3.35. The molecule has 2 aromatic heterocycles. The molecule has 0 radical (unpaired) electrons. The number of carbonyl (C=O) groups excluding carboxylic acids is 1. The normalized spacial score (nSPS) is 16.2. The minimum Gasteiger partial charge on any atom is -0.389 e. The molecule has 0 saturated carbocycles. The van der Waals surface area contributed by atoms with Gasteiger partial charge in [0, 0.05) is 13.1 Å². The molecular weight excluding hydrogens is 438 g/mol. The molecule has 164 valence electrons. The molecule has 1 aliphatic heterocycles. The van der Waals surface area contributed by atoms with Crippen molar-refractivity contribution >= 4 is 33.8 Å². The lowest BCUT2D eigenvalue weighted by Gasteiger charge is -2.24. The maximum Gasteiger partial charge on any atom is 0.277 e. The number of H-pyrrole nitrogens is 1. The van der Waals surface area contributed by atoms with Gasteiger partial charge in [-0.2, -0.15) is 5.10 Å². The van der Waals surface area contributed by atoms with Crippen molar-refractivity contribution in [3.63, 3.8) is 0 Å². The molecule has 1 amide bonds. The molecule has 1 aliphatic rings. The highest BCUT2D eigenvalue weighted by Crippen LogP contribution is 2.34. The highest BCUT2D eigenvalue weighted by molar-refractivity contribution is 7.19. The number of nitrogen functional groups attached to an aromatic ring is 1. The predicted octanol–water partition coefficient (Wildman–Crippen LogP) is 2.69. The minimum atomic E-state index is -2.97. The maximum absolute atomic E-state index is 14.0. The summed E-state index contributed by atoms with van der Waals surface area (Å²) in [5.74, 6) is -5.21. The van der Waals surface area contributed by atoms with Crippen LogP contribution in [-0.2, 0) is 0 Å². The van der Waals surface area contributed by atoms with Gasteiger partial charge >= 0.3 is 0 Å². The molecule has 13 heteroatoms. The van der Waals surface area contributed by atoms with Gasteiger partial charge in [-0.25, -0.2) is 22.5 Å². The first-order chi connectivity index (χ1) is 14.7. The van der Waals surface area contributed by atoms with Crippen molar-refractivity contribution in [3.8, 4) is 10.6 Å². The second-order valence-corrected chi connectivity index (χ2v) is 7.90. The number of amides is 1. The molecule has 0 unspecified atom stereocenters. The molecule has 3 aromatic rings. The molecule has 0 spiro atoms. The Kier molecular flexibility index (Phi) is 5.54. The second kappa shape index (κ2) is 8.15. The van der Waals surface area contributed by atoms with E-state index in [0.717, 1.165) is 23.5 Å². The Labute approximate surface area is 177 Å². The lowest BCUT2D eigenvalue weighted by atomic mass is 10.2. The maximum atomic E-state index is 14.0. The molecule has 1 aromatic carbocycles. The van der Waals surface area contributed by atoms with Crippen molar-refractivity contribution in [2.75, 3.05) is 42.1 Å². The average molecular weight is 455 g/mol. The molecule has 0 aliphatic carbocycles. The number of hydrogen-bond donors (Lipinski definition) is 4. The largest absolute Gasteiger partial charge is 0.389 e. The molecule has 5 N–H and O–H groups in total. The van der Waals surface area contributed by atoms with Crippen molar-refractivity contribution < 1.29 is 22.4 Å².